The quantitative estimate of drug-likeness (QED) is 0.182. The van der Waals surface area contributed by atoms with Crippen molar-refractivity contribution in [3.05, 3.63) is 42.5 Å². The van der Waals surface area contributed by atoms with E-state index in [1.807, 2.05) is 30.3 Å². The van der Waals surface area contributed by atoms with Crippen LogP contribution in [0.25, 0.3) is 0 Å². The molecule has 3 rings (SSSR count). The topological polar surface area (TPSA) is 73.7 Å². The Morgan fingerprint density at radius 3 is 2.79 bits per heavy atom. The molecule has 2 aliphatic carbocycles. The zero-order valence-corrected chi connectivity index (χ0v) is 16.9. The normalized spacial score (nSPS) is 26.1. The van der Waals surface area contributed by atoms with Crippen LogP contribution in [0.2, 0.25) is 0 Å². The van der Waals surface area contributed by atoms with E-state index in [1.54, 1.807) is 0 Å². The van der Waals surface area contributed by atoms with Gasteiger partial charge in [0.25, 0.3) is 0 Å². The number of unbranched alkanes of at least 4 members (excludes halogenated alkanes) is 1. The standard InChI is InChI=1S/C22H29N3O2S/c26-21(27)11-7-2-1-6-10-19-16-12-13-17(14-16)20(19)15-23-25-22(28)24-18-8-4-3-5-9-18/h1,3-6,8-9,15-17,19-20H,2,7,10-14H2,(H,26,27)(H2,24,25,28)/b6-1-,23-15?. The average molecular weight is 400 g/mol. The highest BCUT2D eigenvalue weighted by atomic mass is 32.1. The van der Waals surface area contributed by atoms with E-state index < -0.39 is 5.97 Å². The third-order valence-electron chi connectivity index (χ3n) is 5.94. The van der Waals surface area contributed by atoms with Gasteiger partial charge in [-0.05, 0) is 80.6 Å². The van der Waals surface area contributed by atoms with Crippen LogP contribution in [0.3, 0.4) is 0 Å². The van der Waals surface area contributed by atoms with Crippen LogP contribution < -0.4 is 10.7 Å². The Balaban J connectivity index is 1.46. The van der Waals surface area contributed by atoms with Crippen LogP contribution in [0.4, 0.5) is 5.69 Å². The molecule has 150 valence electrons. The average Bonchev–Trinajstić information content (AvgIpc) is 3.27. The second-order valence-electron chi connectivity index (χ2n) is 7.78. The highest BCUT2D eigenvalue weighted by Gasteiger charge is 2.45. The van der Waals surface area contributed by atoms with E-state index in [2.05, 4.69) is 34.2 Å². The second kappa shape index (κ2) is 10.4. The molecule has 4 atom stereocenters. The number of para-hydroxylation sites is 1. The van der Waals surface area contributed by atoms with Gasteiger partial charge in [0.1, 0.15) is 0 Å². The number of carbonyl (C=O) groups is 1. The first-order valence-corrected chi connectivity index (χ1v) is 10.6. The minimum atomic E-state index is -0.718. The van der Waals surface area contributed by atoms with Crippen molar-refractivity contribution in [1.82, 2.24) is 5.43 Å². The summed E-state index contributed by atoms with van der Waals surface area (Å²) in [6.07, 6.45) is 13.2. The molecule has 0 radical (unpaired) electrons. The Kier molecular flexibility index (Phi) is 7.60. The molecule has 6 heteroatoms. The van der Waals surface area contributed by atoms with E-state index in [0.717, 1.165) is 30.4 Å². The van der Waals surface area contributed by atoms with Crippen molar-refractivity contribution in [2.75, 3.05) is 5.32 Å². The molecule has 0 aliphatic heterocycles. The lowest BCUT2D eigenvalue weighted by Crippen LogP contribution is -2.27. The van der Waals surface area contributed by atoms with Crippen molar-refractivity contribution >= 4 is 35.2 Å². The summed E-state index contributed by atoms with van der Waals surface area (Å²) in [7, 11) is 0. The zero-order valence-electron chi connectivity index (χ0n) is 16.1. The summed E-state index contributed by atoms with van der Waals surface area (Å²) < 4.78 is 0. The number of carboxylic acids is 1. The van der Waals surface area contributed by atoms with Crippen molar-refractivity contribution < 1.29 is 9.90 Å². The number of anilines is 1. The van der Waals surface area contributed by atoms with Gasteiger partial charge in [-0.2, -0.15) is 5.10 Å². The molecule has 4 unspecified atom stereocenters. The van der Waals surface area contributed by atoms with E-state index in [-0.39, 0.29) is 6.42 Å². The molecule has 2 fully saturated rings. The first kappa shape index (κ1) is 20.5. The van der Waals surface area contributed by atoms with Crippen molar-refractivity contribution in [3.8, 4) is 0 Å². The minimum Gasteiger partial charge on any atom is -0.481 e. The summed E-state index contributed by atoms with van der Waals surface area (Å²) in [5, 5.41) is 16.8. The molecule has 0 heterocycles. The predicted octanol–water partition coefficient (Wildman–Crippen LogP) is 4.82. The maximum absolute atomic E-state index is 10.6. The van der Waals surface area contributed by atoms with Gasteiger partial charge >= 0.3 is 5.97 Å². The lowest BCUT2D eigenvalue weighted by atomic mass is 9.78. The van der Waals surface area contributed by atoms with E-state index in [0.29, 0.717) is 23.4 Å². The number of rotatable bonds is 9. The van der Waals surface area contributed by atoms with Crippen LogP contribution in [0.5, 0.6) is 0 Å². The number of fused-ring (bicyclic) bond motifs is 2. The lowest BCUT2D eigenvalue weighted by Gasteiger charge is -2.27. The van der Waals surface area contributed by atoms with E-state index in [4.69, 9.17) is 17.3 Å². The smallest absolute Gasteiger partial charge is 0.303 e. The van der Waals surface area contributed by atoms with Crippen molar-refractivity contribution in [3.63, 3.8) is 0 Å². The second-order valence-corrected chi connectivity index (χ2v) is 8.19. The molecular weight excluding hydrogens is 370 g/mol. The first-order valence-electron chi connectivity index (χ1n) is 10.2. The highest BCUT2D eigenvalue weighted by Crippen LogP contribution is 2.52. The van der Waals surface area contributed by atoms with Gasteiger partial charge in [0.05, 0.1) is 0 Å². The monoisotopic (exact) mass is 399 g/mol. The molecule has 5 nitrogen and oxygen atoms in total. The third-order valence-corrected chi connectivity index (χ3v) is 6.13. The number of thiocarbonyl (C=S) groups is 1. The van der Waals surface area contributed by atoms with Gasteiger partial charge in [-0.25, -0.2) is 0 Å². The maximum atomic E-state index is 10.6. The summed E-state index contributed by atoms with van der Waals surface area (Å²) in [5.74, 6) is 1.94. The van der Waals surface area contributed by atoms with Gasteiger partial charge in [0.2, 0.25) is 0 Å². The summed E-state index contributed by atoms with van der Waals surface area (Å²) in [4.78, 5) is 10.6. The summed E-state index contributed by atoms with van der Waals surface area (Å²) in [6, 6.07) is 9.82. The predicted molar refractivity (Wildman–Crippen MR) is 117 cm³/mol. The largest absolute Gasteiger partial charge is 0.481 e. The Labute approximate surface area is 172 Å². The number of allylic oxidation sites excluding steroid dienone is 2. The summed E-state index contributed by atoms with van der Waals surface area (Å²) in [6.45, 7) is 0. The fraction of sp³-hybridized carbons (Fsp3) is 0.500. The van der Waals surface area contributed by atoms with Crippen molar-refractivity contribution in [2.24, 2.45) is 28.8 Å². The third kappa shape index (κ3) is 5.89. The van der Waals surface area contributed by atoms with Gasteiger partial charge in [-0.1, -0.05) is 30.4 Å². The van der Waals surface area contributed by atoms with Crippen LogP contribution in [0.15, 0.2) is 47.6 Å². The first-order chi connectivity index (χ1) is 13.6. The molecule has 1 aromatic carbocycles. The van der Waals surface area contributed by atoms with Crippen LogP contribution in [-0.4, -0.2) is 22.4 Å². The van der Waals surface area contributed by atoms with Crippen LogP contribution >= 0.6 is 12.2 Å². The van der Waals surface area contributed by atoms with E-state index >= 15 is 0 Å². The van der Waals surface area contributed by atoms with E-state index in [1.165, 1.54) is 19.3 Å². The molecule has 2 bridgehead atoms. The molecular formula is C22H29N3O2S. The van der Waals surface area contributed by atoms with Crippen molar-refractivity contribution in [1.29, 1.82) is 0 Å². The molecule has 28 heavy (non-hydrogen) atoms. The molecule has 0 aromatic heterocycles. The molecule has 3 N–H and O–H groups in total. The summed E-state index contributed by atoms with van der Waals surface area (Å²) in [5.41, 5.74) is 3.89. The maximum Gasteiger partial charge on any atom is 0.303 e. The minimum absolute atomic E-state index is 0.246. The number of hydrogen-bond donors (Lipinski definition) is 3. The van der Waals surface area contributed by atoms with Gasteiger partial charge in [0.15, 0.2) is 5.11 Å². The fourth-order valence-corrected chi connectivity index (χ4v) is 4.81. The van der Waals surface area contributed by atoms with Gasteiger partial charge in [0, 0.05) is 24.2 Å². The number of hydrogen-bond acceptors (Lipinski definition) is 3. The molecule has 1 aromatic rings. The Hall–Kier alpha value is -2.21. The van der Waals surface area contributed by atoms with Gasteiger partial charge < -0.3 is 10.4 Å². The number of benzene rings is 1. The van der Waals surface area contributed by atoms with Crippen LogP contribution in [0, 0.1) is 23.7 Å². The zero-order chi connectivity index (χ0) is 19.8. The fourth-order valence-electron chi connectivity index (χ4n) is 4.64. The Bertz CT molecular complexity index is 720. The highest BCUT2D eigenvalue weighted by molar-refractivity contribution is 7.80. The molecule has 2 aliphatic rings. The van der Waals surface area contributed by atoms with Gasteiger partial charge in [-0.15, -0.1) is 0 Å². The Morgan fingerprint density at radius 2 is 2.00 bits per heavy atom. The molecule has 0 saturated heterocycles. The molecule has 0 amide bonds. The van der Waals surface area contributed by atoms with Crippen molar-refractivity contribution in [2.45, 2.75) is 44.9 Å². The number of nitrogens with zero attached hydrogens (tertiary/aromatic N) is 1. The summed E-state index contributed by atoms with van der Waals surface area (Å²) >= 11 is 5.31. The Morgan fingerprint density at radius 1 is 1.21 bits per heavy atom. The van der Waals surface area contributed by atoms with E-state index in [9.17, 15) is 4.79 Å². The SMILES string of the molecule is O=C(O)CCC/C=C\CC1C2CCC(C2)C1C=NNC(=S)Nc1ccccc1. The van der Waals surface area contributed by atoms with Gasteiger partial charge in [-0.3, -0.25) is 10.2 Å². The number of carboxylic acid groups (broad SMARTS) is 1. The molecule has 2 saturated carbocycles. The lowest BCUT2D eigenvalue weighted by molar-refractivity contribution is -0.137. The van der Waals surface area contributed by atoms with Crippen LogP contribution in [0.1, 0.15) is 44.9 Å². The number of aliphatic carboxylic acids is 1. The number of nitrogens with one attached hydrogen (secondary N) is 2. The van der Waals surface area contributed by atoms with Crippen LogP contribution in [-0.2, 0) is 4.79 Å². The number of hydrazone groups is 1. The molecule has 0 spiro atoms.